The average molecular weight is 550 g/mol. The van der Waals surface area contributed by atoms with E-state index in [0.29, 0.717) is 18.8 Å². The van der Waals surface area contributed by atoms with Gasteiger partial charge in [-0.05, 0) is 48.8 Å². The summed E-state index contributed by atoms with van der Waals surface area (Å²) in [4.78, 5) is 21.3. The summed E-state index contributed by atoms with van der Waals surface area (Å²) in [6.45, 7) is 25.2. The molecule has 0 saturated carbocycles. The minimum absolute atomic E-state index is 0.0428. The van der Waals surface area contributed by atoms with Crippen LogP contribution in [0.2, 0.25) is 36.3 Å². The zero-order chi connectivity index (χ0) is 27.9. The molecule has 3 rings (SSSR count). The standard InChI is InChI=1S/C26H47N5O4Si2/c1-12-14-26(17-33-36(8,9)24(2,3)4)20(35-37(10,11)25(5,6)7)16-22(34-26)30-15-13-21(29-23(30)32)31-19-27-18-28-31/h13,15,18-20,22H,12,14,16-17H2,1-11H3/t20-,22+,26+/m0/s1. The lowest BCUT2D eigenvalue weighted by Gasteiger charge is -2.45. The van der Waals surface area contributed by atoms with E-state index in [4.69, 9.17) is 13.6 Å². The van der Waals surface area contributed by atoms with E-state index in [2.05, 4.69) is 89.7 Å². The van der Waals surface area contributed by atoms with Crippen LogP contribution in [0.1, 0.15) is 74.0 Å². The number of hydrogen-bond donors (Lipinski definition) is 0. The monoisotopic (exact) mass is 549 g/mol. The molecule has 3 atom stereocenters. The number of nitrogens with zero attached hydrogens (tertiary/aromatic N) is 5. The van der Waals surface area contributed by atoms with Crippen molar-refractivity contribution < 1.29 is 13.6 Å². The van der Waals surface area contributed by atoms with Crippen LogP contribution < -0.4 is 5.69 Å². The molecule has 0 spiro atoms. The summed E-state index contributed by atoms with van der Waals surface area (Å²) < 4.78 is 23.7. The number of hydrogen-bond acceptors (Lipinski definition) is 7. The van der Waals surface area contributed by atoms with Crippen molar-refractivity contribution in [2.45, 2.75) is 122 Å². The largest absolute Gasteiger partial charge is 0.414 e. The highest BCUT2D eigenvalue weighted by Crippen LogP contribution is 2.47. The van der Waals surface area contributed by atoms with Gasteiger partial charge >= 0.3 is 5.69 Å². The normalized spacial score (nSPS) is 23.5. The lowest BCUT2D eigenvalue weighted by Crippen LogP contribution is -2.54. The Hall–Kier alpha value is -1.67. The van der Waals surface area contributed by atoms with Gasteiger partial charge in [0, 0.05) is 12.6 Å². The Morgan fingerprint density at radius 1 is 1.11 bits per heavy atom. The first kappa shape index (κ1) is 29.9. The fourth-order valence-corrected chi connectivity index (χ4v) is 6.50. The summed E-state index contributed by atoms with van der Waals surface area (Å²) in [6, 6.07) is 1.76. The molecule has 1 aliphatic heterocycles. The zero-order valence-corrected chi connectivity index (χ0v) is 26.7. The van der Waals surface area contributed by atoms with Crippen LogP contribution in [0.4, 0.5) is 0 Å². The average Bonchev–Trinajstić information content (AvgIpc) is 3.40. The molecule has 2 aromatic heterocycles. The lowest BCUT2D eigenvalue weighted by atomic mass is 9.92. The third kappa shape index (κ3) is 6.32. The first-order chi connectivity index (χ1) is 16.9. The Labute approximate surface area is 224 Å². The van der Waals surface area contributed by atoms with Crippen LogP contribution in [0.5, 0.6) is 0 Å². The Morgan fingerprint density at radius 3 is 2.27 bits per heavy atom. The molecule has 2 aromatic rings. The van der Waals surface area contributed by atoms with Crippen molar-refractivity contribution in [3.8, 4) is 5.82 Å². The molecule has 9 nitrogen and oxygen atoms in total. The van der Waals surface area contributed by atoms with E-state index >= 15 is 0 Å². The van der Waals surface area contributed by atoms with Crippen molar-refractivity contribution in [2.24, 2.45) is 0 Å². The van der Waals surface area contributed by atoms with E-state index in [1.165, 1.54) is 17.3 Å². The molecule has 0 amide bonds. The lowest BCUT2D eigenvalue weighted by molar-refractivity contribution is -0.127. The van der Waals surface area contributed by atoms with Crippen molar-refractivity contribution in [3.05, 3.63) is 35.4 Å². The van der Waals surface area contributed by atoms with Gasteiger partial charge in [-0.15, -0.1) is 0 Å². The van der Waals surface area contributed by atoms with E-state index in [0.717, 1.165) is 12.8 Å². The maximum atomic E-state index is 13.1. The summed E-state index contributed by atoms with van der Waals surface area (Å²) in [5, 5.41) is 4.20. The van der Waals surface area contributed by atoms with Crippen LogP contribution in [-0.2, 0) is 13.6 Å². The molecule has 11 heteroatoms. The molecule has 3 heterocycles. The van der Waals surface area contributed by atoms with E-state index < -0.39 is 28.5 Å². The van der Waals surface area contributed by atoms with Crippen LogP contribution in [0.15, 0.2) is 29.7 Å². The second-order valence-electron chi connectivity index (χ2n) is 13.4. The van der Waals surface area contributed by atoms with Gasteiger partial charge in [-0.25, -0.2) is 14.5 Å². The van der Waals surface area contributed by atoms with Gasteiger partial charge in [-0.2, -0.15) is 10.1 Å². The number of aromatic nitrogens is 5. The minimum Gasteiger partial charge on any atom is -0.414 e. The minimum atomic E-state index is -2.13. The SMILES string of the molecule is CCC[C@]1(CO[Si](C)(C)C(C)(C)C)O[C@@H](n2ccc(-n3cncn3)nc2=O)C[C@@H]1O[Si](C)(C)C(C)(C)C. The van der Waals surface area contributed by atoms with Gasteiger partial charge in [-0.1, -0.05) is 54.9 Å². The molecular weight excluding hydrogens is 502 g/mol. The summed E-state index contributed by atoms with van der Waals surface area (Å²) >= 11 is 0. The second kappa shape index (κ2) is 10.5. The van der Waals surface area contributed by atoms with Crippen LogP contribution in [0.25, 0.3) is 5.82 Å². The Kier molecular flexibility index (Phi) is 8.46. The molecular formula is C26H47N5O4Si2. The number of rotatable bonds is 9. The molecule has 0 aromatic carbocycles. The van der Waals surface area contributed by atoms with Crippen LogP contribution in [-0.4, -0.2) is 59.3 Å². The van der Waals surface area contributed by atoms with Crippen LogP contribution in [0.3, 0.4) is 0 Å². The fraction of sp³-hybridized carbons (Fsp3) is 0.769. The Balaban J connectivity index is 1.99. The van der Waals surface area contributed by atoms with E-state index in [-0.39, 0.29) is 21.9 Å². The van der Waals surface area contributed by atoms with E-state index in [9.17, 15) is 4.79 Å². The first-order valence-electron chi connectivity index (χ1n) is 13.4. The van der Waals surface area contributed by atoms with Crippen LogP contribution >= 0.6 is 0 Å². The molecule has 208 valence electrons. The quantitative estimate of drug-likeness (QED) is 0.371. The fourth-order valence-electron chi connectivity index (χ4n) is 4.09. The zero-order valence-electron chi connectivity index (χ0n) is 24.7. The molecule has 0 unspecified atom stereocenters. The highest BCUT2D eigenvalue weighted by Gasteiger charge is 2.54. The summed E-state index contributed by atoms with van der Waals surface area (Å²) in [6.07, 6.45) is 6.26. The van der Waals surface area contributed by atoms with Crippen molar-refractivity contribution in [1.82, 2.24) is 24.3 Å². The van der Waals surface area contributed by atoms with Crippen LogP contribution in [0, 0.1) is 0 Å². The Morgan fingerprint density at radius 2 is 1.76 bits per heavy atom. The van der Waals surface area contributed by atoms with Crippen molar-refractivity contribution in [3.63, 3.8) is 0 Å². The third-order valence-electron chi connectivity index (χ3n) is 8.55. The third-order valence-corrected chi connectivity index (χ3v) is 17.5. The Bertz CT molecular complexity index is 1110. The summed E-state index contributed by atoms with van der Waals surface area (Å²) in [5.41, 5.74) is -1.03. The van der Waals surface area contributed by atoms with Gasteiger partial charge < -0.3 is 13.6 Å². The van der Waals surface area contributed by atoms with Gasteiger partial charge in [0.2, 0.25) is 0 Å². The van der Waals surface area contributed by atoms with E-state index in [1.54, 1.807) is 16.8 Å². The molecule has 0 N–H and O–H groups in total. The van der Waals surface area contributed by atoms with Crippen molar-refractivity contribution >= 4 is 16.6 Å². The molecule has 1 aliphatic rings. The molecule has 37 heavy (non-hydrogen) atoms. The molecule has 1 saturated heterocycles. The molecule has 1 fully saturated rings. The topological polar surface area (TPSA) is 93.3 Å². The second-order valence-corrected chi connectivity index (χ2v) is 22.9. The van der Waals surface area contributed by atoms with Gasteiger partial charge in [0.15, 0.2) is 22.5 Å². The highest BCUT2D eigenvalue weighted by atomic mass is 28.4. The van der Waals surface area contributed by atoms with Gasteiger partial charge in [0.25, 0.3) is 0 Å². The van der Waals surface area contributed by atoms with Gasteiger partial charge in [-0.3, -0.25) is 4.57 Å². The summed E-state index contributed by atoms with van der Waals surface area (Å²) in [5.74, 6) is 0.423. The van der Waals surface area contributed by atoms with Gasteiger partial charge in [0.05, 0.1) is 12.7 Å². The highest BCUT2D eigenvalue weighted by molar-refractivity contribution is 6.74. The number of ether oxygens (including phenoxy) is 1. The first-order valence-corrected chi connectivity index (χ1v) is 19.2. The molecule has 0 radical (unpaired) electrons. The smallest absolute Gasteiger partial charge is 0.351 e. The molecule has 0 aliphatic carbocycles. The summed E-state index contributed by atoms with van der Waals surface area (Å²) in [7, 11) is -4.18. The maximum Gasteiger partial charge on any atom is 0.351 e. The van der Waals surface area contributed by atoms with Crippen molar-refractivity contribution in [1.29, 1.82) is 0 Å². The van der Waals surface area contributed by atoms with E-state index in [1.807, 2.05) is 0 Å². The van der Waals surface area contributed by atoms with Gasteiger partial charge in [0.1, 0.15) is 24.5 Å². The predicted molar refractivity (Wildman–Crippen MR) is 151 cm³/mol. The maximum absolute atomic E-state index is 13.1. The van der Waals surface area contributed by atoms with Crippen molar-refractivity contribution in [2.75, 3.05) is 6.61 Å². The predicted octanol–water partition coefficient (Wildman–Crippen LogP) is 5.69. The molecule has 0 bridgehead atoms.